The third-order valence-electron chi connectivity index (χ3n) is 4.96. The lowest BCUT2D eigenvalue weighted by atomic mass is 10.0. The Morgan fingerprint density at radius 1 is 0.520 bits per heavy atom. The molecule has 0 N–H and O–H groups in total. The second kappa shape index (κ2) is 17.6. The first kappa shape index (κ1) is 25.2. The van der Waals surface area contributed by atoms with E-state index < -0.39 is 8.32 Å². The van der Waals surface area contributed by atoms with Gasteiger partial charge in [-0.15, -0.1) is 0 Å². The van der Waals surface area contributed by atoms with E-state index in [0.717, 1.165) is 12.5 Å². The fraction of sp³-hybridized carbons (Fsp3) is 1.00. The van der Waals surface area contributed by atoms with E-state index in [9.17, 15) is 0 Å². The van der Waals surface area contributed by atoms with Crippen molar-refractivity contribution in [3.63, 3.8) is 0 Å². The molecule has 0 rings (SSSR count). The minimum Gasteiger partial charge on any atom is -0.418 e. The smallest absolute Gasteiger partial charge is 0.183 e. The third-order valence-corrected chi connectivity index (χ3v) is 6.03. The second-order valence-electron chi connectivity index (χ2n) is 9.45. The first-order valence-electron chi connectivity index (χ1n) is 11.6. The number of hydrogen-bond donors (Lipinski definition) is 0. The molecule has 0 bridgehead atoms. The molecule has 0 radical (unpaired) electrons. The fourth-order valence-electron chi connectivity index (χ4n) is 3.33. The van der Waals surface area contributed by atoms with Gasteiger partial charge in [0, 0.05) is 6.61 Å². The van der Waals surface area contributed by atoms with Gasteiger partial charge in [-0.05, 0) is 32.0 Å². The fourth-order valence-corrected chi connectivity index (χ4v) is 4.09. The zero-order chi connectivity index (χ0) is 18.8. The molecular formula is C23H50OSi. The summed E-state index contributed by atoms with van der Waals surface area (Å²) in [6.07, 6.45) is 23.0. The SMILES string of the molecule is CC(C)CCCCCCCCCCCCCCCCCO[Si](C)(C)C. The first-order chi connectivity index (χ1) is 11.9. The lowest BCUT2D eigenvalue weighted by Gasteiger charge is -2.16. The standard InChI is InChI=1S/C23H50OSi/c1-23(2)21-19-17-15-13-11-9-7-6-8-10-12-14-16-18-20-22-24-25(3,4)5/h23H,6-22H2,1-5H3. The molecule has 152 valence electrons. The van der Waals surface area contributed by atoms with Crippen LogP contribution < -0.4 is 0 Å². The molecule has 0 aromatic carbocycles. The van der Waals surface area contributed by atoms with Gasteiger partial charge in [0.05, 0.1) is 0 Å². The molecule has 25 heavy (non-hydrogen) atoms. The molecule has 0 aromatic rings. The third kappa shape index (κ3) is 24.2. The molecule has 0 aromatic heterocycles. The normalized spacial score (nSPS) is 12.2. The molecule has 0 fully saturated rings. The molecule has 0 saturated heterocycles. The van der Waals surface area contributed by atoms with Crippen molar-refractivity contribution in [2.75, 3.05) is 6.61 Å². The molecule has 0 amide bonds. The second-order valence-corrected chi connectivity index (χ2v) is 14.0. The summed E-state index contributed by atoms with van der Waals surface area (Å²) in [5.41, 5.74) is 0. The van der Waals surface area contributed by atoms with E-state index >= 15 is 0 Å². The lowest BCUT2D eigenvalue weighted by Crippen LogP contribution is -2.25. The van der Waals surface area contributed by atoms with Gasteiger partial charge in [0.1, 0.15) is 0 Å². The summed E-state index contributed by atoms with van der Waals surface area (Å²) in [6.45, 7) is 12.5. The van der Waals surface area contributed by atoms with Crippen molar-refractivity contribution in [1.82, 2.24) is 0 Å². The van der Waals surface area contributed by atoms with Gasteiger partial charge in [-0.25, -0.2) is 0 Å². The van der Waals surface area contributed by atoms with Gasteiger partial charge in [0.25, 0.3) is 0 Å². The van der Waals surface area contributed by atoms with Crippen LogP contribution in [0.5, 0.6) is 0 Å². The summed E-state index contributed by atoms with van der Waals surface area (Å²) in [5, 5.41) is 0. The summed E-state index contributed by atoms with van der Waals surface area (Å²) < 4.78 is 5.90. The van der Waals surface area contributed by atoms with Crippen LogP contribution in [-0.4, -0.2) is 14.9 Å². The summed E-state index contributed by atoms with van der Waals surface area (Å²) in [7, 11) is -1.27. The molecule has 0 atom stereocenters. The van der Waals surface area contributed by atoms with Crippen LogP contribution >= 0.6 is 0 Å². The van der Waals surface area contributed by atoms with Gasteiger partial charge < -0.3 is 4.43 Å². The molecule has 0 aliphatic carbocycles. The van der Waals surface area contributed by atoms with Gasteiger partial charge in [0.15, 0.2) is 8.32 Å². The highest BCUT2D eigenvalue weighted by atomic mass is 28.4. The zero-order valence-corrected chi connectivity index (χ0v) is 19.5. The monoisotopic (exact) mass is 370 g/mol. The topological polar surface area (TPSA) is 9.23 Å². The predicted octanol–water partition coefficient (Wildman–Crippen LogP) is 8.74. The van der Waals surface area contributed by atoms with Gasteiger partial charge >= 0.3 is 0 Å². The molecule has 0 saturated carbocycles. The van der Waals surface area contributed by atoms with Gasteiger partial charge in [-0.2, -0.15) is 0 Å². The van der Waals surface area contributed by atoms with Crippen molar-refractivity contribution in [3.8, 4) is 0 Å². The Labute approximate surface area is 161 Å². The summed E-state index contributed by atoms with van der Waals surface area (Å²) in [4.78, 5) is 0. The van der Waals surface area contributed by atoms with Crippen LogP contribution in [0.15, 0.2) is 0 Å². The molecule has 1 nitrogen and oxygen atoms in total. The maximum Gasteiger partial charge on any atom is 0.183 e. The molecule has 0 spiro atoms. The lowest BCUT2D eigenvalue weighted by molar-refractivity contribution is 0.298. The van der Waals surface area contributed by atoms with E-state index in [1.165, 1.54) is 103 Å². The van der Waals surface area contributed by atoms with Crippen molar-refractivity contribution >= 4 is 8.32 Å². The molecular weight excluding hydrogens is 320 g/mol. The minimum absolute atomic E-state index is 0.893. The maximum atomic E-state index is 5.90. The van der Waals surface area contributed by atoms with Crippen molar-refractivity contribution < 1.29 is 4.43 Å². The summed E-state index contributed by atoms with van der Waals surface area (Å²) >= 11 is 0. The average Bonchev–Trinajstić information content (AvgIpc) is 2.52. The van der Waals surface area contributed by atoms with Crippen molar-refractivity contribution in [2.24, 2.45) is 5.92 Å². The average molecular weight is 371 g/mol. The molecule has 0 aliphatic heterocycles. The van der Waals surface area contributed by atoms with Crippen LogP contribution in [0.2, 0.25) is 19.6 Å². The van der Waals surface area contributed by atoms with Crippen molar-refractivity contribution in [2.45, 2.75) is 136 Å². The van der Waals surface area contributed by atoms with Crippen LogP contribution in [0, 0.1) is 5.92 Å². The molecule has 0 unspecified atom stereocenters. The van der Waals surface area contributed by atoms with Crippen LogP contribution in [0.25, 0.3) is 0 Å². The number of rotatable bonds is 19. The molecule has 2 heteroatoms. The Kier molecular flexibility index (Phi) is 17.7. The largest absolute Gasteiger partial charge is 0.418 e. The maximum absolute atomic E-state index is 5.90. The van der Waals surface area contributed by atoms with Crippen LogP contribution in [0.3, 0.4) is 0 Å². The van der Waals surface area contributed by atoms with E-state index in [-0.39, 0.29) is 0 Å². The quantitative estimate of drug-likeness (QED) is 0.163. The Balaban J connectivity index is 3.03. The Bertz CT molecular complexity index is 257. The first-order valence-corrected chi connectivity index (χ1v) is 15.0. The van der Waals surface area contributed by atoms with E-state index in [2.05, 4.69) is 33.5 Å². The van der Waals surface area contributed by atoms with E-state index in [0.29, 0.717) is 0 Å². The van der Waals surface area contributed by atoms with Gasteiger partial charge in [-0.3, -0.25) is 0 Å². The highest BCUT2D eigenvalue weighted by Gasteiger charge is 2.12. The van der Waals surface area contributed by atoms with Crippen molar-refractivity contribution in [1.29, 1.82) is 0 Å². The zero-order valence-electron chi connectivity index (χ0n) is 18.5. The highest BCUT2D eigenvalue weighted by Crippen LogP contribution is 2.15. The Morgan fingerprint density at radius 2 is 0.840 bits per heavy atom. The highest BCUT2D eigenvalue weighted by molar-refractivity contribution is 6.69. The van der Waals surface area contributed by atoms with Crippen molar-refractivity contribution in [3.05, 3.63) is 0 Å². The Morgan fingerprint density at radius 3 is 1.16 bits per heavy atom. The Hall–Kier alpha value is 0.177. The summed E-state index contributed by atoms with van der Waals surface area (Å²) in [6, 6.07) is 0. The van der Waals surface area contributed by atoms with Gasteiger partial charge in [0.2, 0.25) is 0 Å². The number of hydrogen-bond acceptors (Lipinski definition) is 1. The predicted molar refractivity (Wildman–Crippen MR) is 118 cm³/mol. The molecule has 0 aliphatic rings. The van der Waals surface area contributed by atoms with E-state index in [4.69, 9.17) is 4.43 Å². The van der Waals surface area contributed by atoms with Crippen LogP contribution in [0.4, 0.5) is 0 Å². The van der Waals surface area contributed by atoms with E-state index in [1.54, 1.807) is 0 Å². The van der Waals surface area contributed by atoms with Crippen LogP contribution in [0.1, 0.15) is 117 Å². The molecule has 0 heterocycles. The van der Waals surface area contributed by atoms with E-state index in [1.807, 2.05) is 0 Å². The summed E-state index contributed by atoms with van der Waals surface area (Å²) in [5.74, 6) is 0.893. The number of unbranched alkanes of at least 4 members (excludes halogenated alkanes) is 14. The minimum atomic E-state index is -1.27. The van der Waals surface area contributed by atoms with Gasteiger partial charge in [-0.1, -0.05) is 110 Å². The van der Waals surface area contributed by atoms with Crippen LogP contribution in [-0.2, 0) is 4.43 Å².